The molecular formula is C15H22N4O. The first-order valence-corrected chi connectivity index (χ1v) is 7.12. The number of hydrogen-bond donors (Lipinski definition) is 1. The van der Waals surface area contributed by atoms with Crippen LogP contribution in [0.15, 0.2) is 30.7 Å². The first-order chi connectivity index (χ1) is 9.72. The van der Waals surface area contributed by atoms with Crippen molar-refractivity contribution in [3.8, 4) is 11.6 Å². The van der Waals surface area contributed by atoms with Crippen molar-refractivity contribution >= 4 is 0 Å². The van der Waals surface area contributed by atoms with Crippen LogP contribution in [0.2, 0.25) is 0 Å². The van der Waals surface area contributed by atoms with Crippen LogP contribution in [-0.2, 0) is 6.54 Å². The van der Waals surface area contributed by atoms with Gasteiger partial charge >= 0.3 is 0 Å². The van der Waals surface area contributed by atoms with E-state index < -0.39 is 0 Å². The maximum atomic E-state index is 5.66. The lowest BCUT2D eigenvalue weighted by Gasteiger charge is -2.13. The summed E-state index contributed by atoms with van der Waals surface area (Å²) in [4.78, 5) is 4.34. The lowest BCUT2D eigenvalue weighted by Crippen LogP contribution is -2.19. The molecule has 2 heterocycles. The van der Waals surface area contributed by atoms with Crippen molar-refractivity contribution in [2.45, 2.75) is 39.8 Å². The highest BCUT2D eigenvalue weighted by Gasteiger charge is 2.06. The number of aromatic nitrogens is 3. The predicted molar refractivity (Wildman–Crippen MR) is 78.9 cm³/mol. The van der Waals surface area contributed by atoms with Gasteiger partial charge in [0.05, 0.1) is 12.4 Å². The fourth-order valence-electron chi connectivity index (χ4n) is 1.88. The predicted octanol–water partition coefficient (Wildman–Crippen LogP) is 3.15. The Balaban J connectivity index is 1.97. The van der Waals surface area contributed by atoms with Crippen LogP contribution < -0.4 is 10.1 Å². The second-order valence-corrected chi connectivity index (χ2v) is 4.74. The van der Waals surface area contributed by atoms with E-state index in [1.165, 1.54) is 0 Å². The number of aryl methyl sites for hydroxylation is 1. The summed E-state index contributed by atoms with van der Waals surface area (Å²) in [5, 5.41) is 7.60. The van der Waals surface area contributed by atoms with Crippen LogP contribution in [0.25, 0.3) is 0 Å². The summed E-state index contributed by atoms with van der Waals surface area (Å²) in [5.41, 5.74) is 1.16. The zero-order valence-corrected chi connectivity index (χ0v) is 12.3. The number of hydrogen-bond acceptors (Lipinski definition) is 4. The highest BCUT2D eigenvalue weighted by molar-refractivity contribution is 5.25. The molecule has 108 valence electrons. The van der Waals surface area contributed by atoms with Gasteiger partial charge in [0.1, 0.15) is 0 Å². The smallest absolute Gasteiger partial charge is 0.219 e. The molecule has 2 rings (SSSR count). The molecule has 0 saturated heterocycles. The van der Waals surface area contributed by atoms with Crippen molar-refractivity contribution in [1.82, 2.24) is 20.1 Å². The molecule has 1 atom stereocenters. The van der Waals surface area contributed by atoms with Crippen molar-refractivity contribution in [2.24, 2.45) is 0 Å². The van der Waals surface area contributed by atoms with Gasteiger partial charge < -0.3 is 10.1 Å². The van der Waals surface area contributed by atoms with E-state index in [1.807, 2.05) is 36.1 Å². The lowest BCUT2D eigenvalue weighted by molar-refractivity contribution is 0.460. The van der Waals surface area contributed by atoms with E-state index in [1.54, 1.807) is 6.20 Å². The quantitative estimate of drug-likeness (QED) is 0.842. The molecule has 5 heteroatoms. The standard InChI is InChI=1S/C15H22N4O/c1-4-8-16-12(3)13-6-7-15(17-9-13)20-14-10-18-19(5-2)11-14/h6-7,9-12,16H,4-5,8H2,1-3H3. The number of ether oxygens (including phenoxy) is 1. The molecule has 1 N–H and O–H groups in total. The summed E-state index contributed by atoms with van der Waals surface area (Å²) in [6.45, 7) is 8.17. The zero-order chi connectivity index (χ0) is 14.4. The molecular weight excluding hydrogens is 252 g/mol. The van der Waals surface area contributed by atoms with Gasteiger partial charge in [-0.25, -0.2) is 4.98 Å². The van der Waals surface area contributed by atoms with Crippen LogP contribution in [-0.4, -0.2) is 21.3 Å². The number of pyridine rings is 1. The molecule has 5 nitrogen and oxygen atoms in total. The molecule has 1 unspecified atom stereocenters. The van der Waals surface area contributed by atoms with E-state index in [0.717, 1.165) is 25.1 Å². The Morgan fingerprint density at radius 1 is 1.30 bits per heavy atom. The minimum absolute atomic E-state index is 0.305. The van der Waals surface area contributed by atoms with Crippen molar-refractivity contribution in [3.63, 3.8) is 0 Å². The molecule has 0 amide bonds. The van der Waals surface area contributed by atoms with Crippen LogP contribution in [0.4, 0.5) is 0 Å². The van der Waals surface area contributed by atoms with Crippen LogP contribution in [0.5, 0.6) is 11.6 Å². The molecule has 2 aromatic rings. The summed E-state index contributed by atoms with van der Waals surface area (Å²) >= 11 is 0. The fraction of sp³-hybridized carbons (Fsp3) is 0.467. The van der Waals surface area contributed by atoms with Gasteiger partial charge in [0.15, 0.2) is 5.75 Å². The van der Waals surface area contributed by atoms with Gasteiger partial charge in [-0.1, -0.05) is 13.0 Å². The Morgan fingerprint density at radius 3 is 2.75 bits per heavy atom. The summed E-state index contributed by atoms with van der Waals surface area (Å²) in [6, 6.07) is 4.24. The topological polar surface area (TPSA) is 52.0 Å². The van der Waals surface area contributed by atoms with Crippen molar-refractivity contribution in [3.05, 3.63) is 36.3 Å². The summed E-state index contributed by atoms with van der Waals surface area (Å²) in [5.74, 6) is 1.30. The monoisotopic (exact) mass is 274 g/mol. The Bertz CT molecular complexity index is 521. The van der Waals surface area contributed by atoms with Crippen LogP contribution >= 0.6 is 0 Å². The molecule has 2 aromatic heterocycles. The van der Waals surface area contributed by atoms with E-state index in [0.29, 0.717) is 17.7 Å². The van der Waals surface area contributed by atoms with Crippen LogP contribution in [0.3, 0.4) is 0 Å². The minimum Gasteiger partial charge on any atom is -0.436 e. The van der Waals surface area contributed by atoms with E-state index in [-0.39, 0.29) is 0 Å². The van der Waals surface area contributed by atoms with Gasteiger partial charge in [-0.05, 0) is 32.4 Å². The fourth-order valence-corrected chi connectivity index (χ4v) is 1.88. The number of nitrogens with zero attached hydrogens (tertiary/aromatic N) is 3. The second kappa shape index (κ2) is 7.05. The second-order valence-electron chi connectivity index (χ2n) is 4.74. The molecule has 0 saturated carbocycles. The van der Waals surface area contributed by atoms with Crippen LogP contribution in [0.1, 0.15) is 38.8 Å². The molecule has 0 fully saturated rings. The van der Waals surface area contributed by atoms with E-state index >= 15 is 0 Å². The normalized spacial score (nSPS) is 12.3. The van der Waals surface area contributed by atoms with Crippen molar-refractivity contribution in [2.75, 3.05) is 6.54 Å². The molecule has 0 bridgehead atoms. The summed E-state index contributed by atoms with van der Waals surface area (Å²) in [7, 11) is 0. The average molecular weight is 274 g/mol. The Kier molecular flexibility index (Phi) is 5.12. The largest absolute Gasteiger partial charge is 0.436 e. The van der Waals surface area contributed by atoms with Gasteiger partial charge in [-0.3, -0.25) is 4.68 Å². The van der Waals surface area contributed by atoms with E-state index in [2.05, 4.69) is 29.2 Å². The third kappa shape index (κ3) is 3.81. The number of nitrogens with one attached hydrogen (secondary N) is 1. The molecule has 20 heavy (non-hydrogen) atoms. The molecule has 0 radical (unpaired) electrons. The van der Waals surface area contributed by atoms with Crippen molar-refractivity contribution in [1.29, 1.82) is 0 Å². The van der Waals surface area contributed by atoms with Gasteiger partial charge in [0, 0.05) is 24.8 Å². The zero-order valence-electron chi connectivity index (χ0n) is 12.3. The third-order valence-electron chi connectivity index (χ3n) is 3.12. The molecule has 0 aliphatic carbocycles. The maximum Gasteiger partial charge on any atom is 0.219 e. The molecule has 0 aliphatic heterocycles. The summed E-state index contributed by atoms with van der Waals surface area (Å²) in [6.07, 6.45) is 6.54. The van der Waals surface area contributed by atoms with Gasteiger partial charge in [-0.2, -0.15) is 5.10 Å². The van der Waals surface area contributed by atoms with Gasteiger partial charge in [0.2, 0.25) is 5.88 Å². The Morgan fingerprint density at radius 2 is 2.15 bits per heavy atom. The minimum atomic E-state index is 0.305. The Hall–Kier alpha value is -1.88. The van der Waals surface area contributed by atoms with E-state index in [4.69, 9.17) is 4.74 Å². The maximum absolute atomic E-state index is 5.66. The lowest BCUT2D eigenvalue weighted by atomic mass is 10.1. The third-order valence-corrected chi connectivity index (χ3v) is 3.12. The highest BCUT2D eigenvalue weighted by atomic mass is 16.5. The Labute approximate surface area is 120 Å². The number of rotatable bonds is 7. The molecule has 0 spiro atoms. The molecule has 0 aromatic carbocycles. The first-order valence-electron chi connectivity index (χ1n) is 7.12. The van der Waals surface area contributed by atoms with E-state index in [9.17, 15) is 0 Å². The SMILES string of the molecule is CCCNC(C)c1ccc(Oc2cnn(CC)c2)nc1. The van der Waals surface area contributed by atoms with Gasteiger partial charge in [-0.15, -0.1) is 0 Å². The average Bonchev–Trinajstić information content (AvgIpc) is 2.93. The highest BCUT2D eigenvalue weighted by Crippen LogP contribution is 2.20. The first kappa shape index (κ1) is 14.5. The van der Waals surface area contributed by atoms with Crippen molar-refractivity contribution < 1.29 is 4.74 Å². The summed E-state index contributed by atoms with van der Waals surface area (Å²) < 4.78 is 7.48. The van der Waals surface area contributed by atoms with Crippen LogP contribution in [0, 0.1) is 0 Å². The van der Waals surface area contributed by atoms with Gasteiger partial charge in [0.25, 0.3) is 0 Å². The molecule has 0 aliphatic rings.